The predicted molar refractivity (Wildman–Crippen MR) is 77.7 cm³/mol. The van der Waals surface area contributed by atoms with Gasteiger partial charge in [0, 0.05) is 39.3 Å². The molecule has 3 heterocycles. The molecular weight excluding hydrogens is 270 g/mol. The molecule has 3 rings (SSSR count). The fourth-order valence-electron chi connectivity index (χ4n) is 3.62. The van der Waals surface area contributed by atoms with Crippen LogP contribution in [0.5, 0.6) is 0 Å². The Kier molecular flexibility index (Phi) is 4.45. The first-order valence-corrected chi connectivity index (χ1v) is 7.99. The van der Waals surface area contributed by atoms with Crippen molar-refractivity contribution in [3.8, 4) is 0 Å². The minimum absolute atomic E-state index is 0.00357. The van der Waals surface area contributed by atoms with Crippen LogP contribution < -0.4 is 0 Å². The minimum Gasteiger partial charge on any atom is -0.379 e. The van der Waals surface area contributed by atoms with E-state index < -0.39 is 0 Å². The number of carbonyl (C=O) groups is 2. The summed E-state index contributed by atoms with van der Waals surface area (Å²) in [6, 6.07) is 0.193. The van der Waals surface area contributed by atoms with Crippen molar-refractivity contribution in [3.05, 3.63) is 0 Å². The van der Waals surface area contributed by atoms with Gasteiger partial charge in [0.1, 0.15) is 0 Å². The number of fused-ring (bicyclic) bond motifs is 3. The minimum atomic E-state index is -0.00357. The SMILES string of the molecule is CN1C(=O)[C@@H]2CCC[C@H]1CN(C(=O)CN1CCOCC1)C2. The number of hydrogen-bond donors (Lipinski definition) is 0. The highest BCUT2D eigenvalue weighted by atomic mass is 16.5. The molecule has 3 aliphatic rings. The van der Waals surface area contributed by atoms with Gasteiger partial charge in [-0.3, -0.25) is 14.5 Å². The van der Waals surface area contributed by atoms with Crippen molar-refractivity contribution in [2.45, 2.75) is 25.3 Å². The van der Waals surface area contributed by atoms with Gasteiger partial charge in [-0.05, 0) is 12.8 Å². The largest absolute Gasteiger partial charge is 0.379 e. The zero-order valence-corrected chi connectivity index (χ0v) is 12.8. The Morgan fingerprint density at radius 2 is 2.00 bits per heavy atom. The molecule has 0 N–H and O–H groups in total. The Hall–Kier alpha value is -1.14. The molecule has 118 valence electrons. The first-order chi connectivity index (χ1) is 10.1. The van der Waals surface area contributed by atoms with E-state index in [0.717, 1.165) is 32.4 Å². The number of likely N-dealkylation sites (tertiary alicyclic amines) is 1. The standard InChI is InChI=1S/C15H25N3O3/c1-16-13-4-2-3-12(15(16)20)9-18(10-13)14(19)11-17-5-7-21-8-6-17/h12-13H,2-11H2,1H3/t12-,13+/m1/s1. The average Bonchev–Trinajstić information content (AvgIpc) is 2.66. The Morgan fingerprint density at radius 1 is 1.24 bits per heavy atom. The van der Waals surface area contributed by atoms with Crippen LogP contribution in [0.1, 0.15) is 19.3 Å². The third-order valence-corrected chi connectivity index (χ3v) is 5.02. The van der Waals surface area contributed by atoms with Crippen LogP contribution in [0.2, 0.25) is 0 Å². The van der Waals surface area contributed by atoms with Crippen molar-refractivity contribution in [1.29, 1.82) is 0 Å². The fraction of sp³-hybridized carbons (Fsp3) is 0.867. The van der Waals surface area contributed by atoms with E-state index in [1.54, 1.807) is 0 Å². The van der Waals surface area contributed by atoms with Gasteiger partial charge in [-0.2, -0.15) is 0 Å². The van der Waals surface area contributed by atoms with Gasteiger partial charge >= 0.3 is 0 Å². The number of hydrogen-bond acceptors (Lipinski definition) is 4. The molecular formula is C15H25N3O3. The molecule has 0 aromatic rings. The second-order valence-corrected chi connectivity index (χ2v) is 6.42. The van der Waals surface area contributed by atoms with Crippen molar-refractivity contribution in [1.82, 2.24) is 14.7 Å². The molecule has 6 heteroatoms. The van der Waals surface area contributed by atoms with Crippen molar-refractivity contribution >= 4 is 11.8 Å². The topological polar surface area (TPSA) is 53.1 Å². The molecule has 0 aromatic heterocycles. The highest BCUT2D eigenvalue weighted by Crippen LogP contribution is 2.26. The summed E-state index contributed by atoms with van der Waals surface area (Å²) in [7, 11) is 1.89. The van der Waals surface area contributed by atoms with Gasteiger partial charge in [-0.15, -0.1) is 0 Å². The fourth-order valence-corrected chi connectivity index (χ4v) is 3.62. The lowest BCUT2D eigenvalue weighted by molar-refractivity contribution is -0.135. The van der Waals surface area contributed by atoms with Crippen molar-refractivity contribution in [2.24, 2.45) is 5.92 Å². The number of carbonyl (C=O) groups excluding carboxylic acids is 2. The summed E-state index contributed by atoms with van der Waals surface area (Å²) in [5, 5.41) is 0. The van der Waals surface area contributed by atoms with Crippen LogP contribution in [0.4, 0.5) is 0 Å². The quantitative estimate of drug-likeness (QED) is 0.707. The first kappa shape index (κ1) is 14.8. The number of rotatable bonds is 2. The van der Waals surface area contributed by atoms with Gasteiger partial charge in [-0.1, -0.05) is 6.42 Å². The summed E-state index contributed by atoms with van der Waals surface area (Å²) in [6.45, 7) is 4.82. The molecule has 2 amide bonds. The van der Waals surface area contributed by atoms with Gasteiger partial charge < -0.3 is 14.5 Å². The maximum absolute atomic E-state index is 12.6. The zero-order valence-electron chi connectivity index (χ0n) is 12.8. The molecule has 0 aliphatic carbocycles. The Morgan fingerprint density at radius 3 is 2.76 bits per heavy atom. The number of likely N-dealkylation sites (N-methyl/N-ethyl adjacent to an activating group) is 1. The third-order valence-electron chi connectivity index (χ3n) is 5.02. The maximum Gasteiger partial charge on any atom is 0.236 e. The molecule has 6 nitrogen and oxygen atoms in total. The predicted octanol–water partition coefficient (Wildman–Crippen LogP) is -0.212. The molecule has 0 spiro atoms. The molecule has 0 saturated carbocycles. The normalized spacial score (nSPS) is 31.2. The average molecular weight is 295 g/mol. The monoisotopic (exact) mass is 295 g/mol. The molecule has 3 fully saturated rings. The lowest BCUT2D eigenvalue weighted by atomic mass is 9.99. The lowest BCUT2D eigenvalue weighted by Crippen LogP contribution is -2.48. The van der Waals surface area contributed by atoms with E-state index in [2.05, 4.69) is 4.90 Å². The Balaban J connectivity index is 1.65. The van der Waals surface area contributed by atoms with Gasteiger partial charge in [0.05, 0.1) is 25.7 Å². The summed E-state index contributed by atoms with van der Waals surface area (Å²) < 4.78 is 5.32. The maximum atomic E-state index is 12.6. The summed E-state index contributed by atoms with van der Waals surface area (Å²) in [4.78, 5) is 30.9. The molecule has 0 aromatic carbocycles. The van der Waals surface area contributed by atoms with E-state index >= 15 is 0 Å². The highest BCUT2D eigenvalue weighted by molar-refractivity contribution is 5.83. The first-order valence-electron chi connectivity index (χ1n) is 7.99. The smallest absolute Gasteiger partial charge is 0.236 e. The molecule has 3 saturated heterocycles. The van der Waals surface area contributed by atoms with Crippen LogP contribution in [0.3, 0.4) is 0 Å². The van der Waals surface area contributed by atoms with E-state index in [-0.39, 0.29) is 23.8 Å². The summed E-state index contributed by atoms with van der Waals surface area (Å²) >= 11 is 0. The van der Waals surface area contributed by atoms with Crippen molar-refractivity contribution in [3.63, 3.8) is 0 Å². The van der Waals surface area contributed by atoms with E-state index in [4.69, 9.17) is 4.74 Å². The highest BCUT2D eigenvalue weighted by Gasteiger charge is 2.38. The molecule has 0 radical (unpaired) electrons. The Bertz CT molecular complexity index is 409. The lowest BCUT2D eigenvalue weighted by Gasteiger charge is -2.32. The number of ether oxygens (including phenoxy) is 1. The summed E-state index contributed by atoms with van der Waals surface area (Å²) in [6.07, 6.45) is 3.03. The molecule has 0 unspecified atom stereocenters. The van der Waals surface area contributed by atoms with Crippen LogP contribution in [-0.4, -0.2) is 85.5 Å². The molecule has 3 aliphatic heterocycles. The van der Waals surface area contributed by atoms with Crippen molar-refractivity contribution in [2.75, 3.05) is 53.0 Å². The van der Waals surface area contributed by atoms with Gasteiger partial charge in [0.2, 0.25) is 11.8 Å². The number of amides is 2. The zero-order chi connectivity index (χ0) is 14.8. The van der Waals surface area contributed by atoms with E-state index in [0.29, 0.717) is 32.8 Å². The van der Waals surface area contributed by atoms with Crippen LogP contribution in [0.25, 0.3) is 0 Å². The van der Waals surface area contributed by atoms with E-state index in [9.17, 15) is 9.59 Å². The molecule has 2 bridgehead atoms. The second kappa shape index (κ2) is 6.32. The van der Waals surface area contributed by atoms with Crippen molar-refractivity contribution < 1.29 is 14.3 Å². The molecule has 21 heavy (non-hydrogen) atoms. The number of morpholine rings is 1. The second-order valence-electron chi connectivity index (χ2n) is 6.42. The van der Waals surface area contributed by atoms with Crippen LogP contribution in [-0.2, 0) is 14.3 Å². The van der Waals surface area contributed by atoms with Gasteiger partial charge in [0.15, 0.2) is 0 Å². The molecule has 2 atom stereocenters. The van der Waals surface area contributed by atoms with Gasteiger partial charge in [0.25, 0.3) is 0 Å². The van der Waals surface area contributed by atoms with E-state index in [1.807, 2.05) is 16.8 Å². The number of nitrogens with zero attached hydrogens (tertiary/aromatic N) is 3. The Labute approximate surface area is 126 Å². The van der Waals surface area contributed by atoms with E-state index in [1.165, 1.54) is 0 Å². The van der Waals surface area contributed by atoms with Crippen LogP contribution >= 0.6 is 0 Å². The van der Waals surface area contributed by atoms with Crippen LogP contribution in [0.15, 0.2) is 0 Å². The van der Waals surface area contributed by atoms with Crippen LogP contribution in [0, 0.1) is 5.92 Å². The summed E-state index contributed by atoms with van der Waals surface area (Å²) in [5.41, 5.74) is 0. The third kappa shape index (κ3) is 3.21. The summed E-state index contributed by atoms with van der Waals surface area (Å²) in [5.74, 6) is 0.382. The van der Waals surface area contributed by atoms with Gasteiger partial charge in [-0.25, -0.2) is 0 Å².